The van der Waals surface area contributed by atoms with Crippen LogP contribution in [0.1, 0.15) is 28.3 Å². The van der Waals surface area contributed by atoms with Crippen molar-refractivity contribution in [2.75, 3.05) is 7.11 Å². The van der Waals surface area contributed by atoms with E-state index in [2.05, 4.69) is 0 Å². The number of ketones is 1. The van der Waals surface area contributed by atoms with Crippen LogP contribution in [0.15, 0.2) is 54.6 Å². The van der Waals surface area contributed by atoms with Crippen molar-refractivity contribution >= 4 is 5.78 Å². The monoisotopic (exact) mass is 315 g/mol. The molecule has 5 heteroatoms. The predicted octanol–water partition coefficient (Wildman–Crippen LogP) is 4.21. The predicted molar refractivity (Wildman–Crippen MR) is 81.7 cm³/mol. The van der Waals surface area contributed by atoms with E-state index in [0.717, 1.165) is 0 Å². The number of nitriles is 1. The van der Waals surface area contributed by atoms with Crippen LogP contribution in [0, 0.1) is 11.3 Å². The number of rotatable bonds is 6. The molecule has 0 heterocycles. The van der Waals surface area contributed by atoms with Crippen molar-refractivity contribution in [2.45, 2.75) is 18.3 Å². The fraction of sp³-hybridized carbons (Fsp3) is 0.222. The zero-order chi connectivity index (χ0) is 16.9. The van der Waals surface area contributed by atoms with E-state index < -0.39 is 24.0 Å². The van der Waals surface area contributed by atoms with Crippen molar-refractivity contribution in [1.29, 1.82) is 5.26 Å². The van der Waals surface area contributed by atoms with Gasteiger partial charge >= 0.3 is 5.92 Å². The molecule has 2 aromatic rings. The van der Waals surface area contributed by atoms with E-state index in [-0.39, 0.29) is 5.56 Å². The minimum atomic E-state index is -3.62. The summed E-state index contributed by atoms with van der Waals surface area (Å²) in [4.78, 5) is 12.0. The van der Waals surface area contributed by atoms with Gasteiger partial charge in [0.1, 0.15) is 5.75 Å². The maximum Gasteiger partial charge on any atom is 0.311 e. The molecular weight excluding hydrogens is 300 g/mol. The van der Waals surface area contributed by atoms with Crippen molar-refractivity contribution in [3.05, 3.63) is 65.7 Å². The molecule has 23 heavy (non-hydrogen) atoms. The number of halogens is 2. The highest BCUT2D eigenvalue weighted by molar-refractivity contribution is 6.01. The maximum absolute atomic E-state index is 14.3. The summed E-state index contributed by atoms with van der Waals surface area (Å²) in [7, 11) is 1.45. The molecule has 0 aromatic heterocycles. The minimum absolute atomic E-state index is 0.111. The van der Waals surface area contributed by atoms with Crippen LogP contribution in [-0.4, -0.2) is 18.8 Å². The third-order valence-electron chi connectivity index (χ3n) is 3.50. The molecule has 0 saturated heterocycles. The lowest BCUT2D eigenvalue weighted by Gasteiger charge is -2.18. The molecule has 118 valence electrons. The number of methoxy groups -OCH3 is 1. The highest BCUT2D eigenvalue weighted by atomic mass is 19.3. The Hall–Kier alpha value is -2.74. The molecule has 0 spiro atoms. The number of ether oxygens (including phenoxy) is 1. The normalized spacial score (nSPS) is 12.3. The zero-order valence-electron chi connectivity index (χ0n) is 12.5. The Morgan fingerprint density at radius 2 is 1.78 bits per heavy atom. The van der Waals surface area contributed by atoms with Gasteiger partial charge in [0.25, 0.3) is 0 Å². The lowest BCUT2D eigenvalue weighted by molar-refractivity contribution is 0.00316. The lowest BCUT2D eigenvalue weighted by atomic mass is 9.91. The number of carbonyl (C=O) groups excluding carboxylic acids is 1. The van der Waals surface area contributed by atoms with Gasteiger partial charge in [-0.05, 0) is 29.8 Å². The summed E-state index contributed by atoms with van der Waals surface area (Å²) in [6.07, 6.45) is -0.849. The lowest BCUT2D eigenvalue weighted by Crippen LogP contribution is -2.30. The molecular formula is C18H15F2NO2. The van der Waals surface area contributed by atoms with Crippen LogP contribution < -0.4 is 4.74 Å². The maximum atomic E-state index is 14.3. The summed E-state index contributed by atoms with van der Waals surface area (Å²) in [6.45, 7) is 0. The van der Waals surface area contributed by atoms with Gasteiger partial charge in [-0.1, -0.05) is 30.3 Å². The number of Topliss-reactive ketones (excluding diaryl/α,β-unsaturated/α-hetero) is 1. The first-order chi connectivity index (χ1) is 11.0. The number of nitrogens with zero attached hydrogens (tertiary/aromatic N) is 1. The molecule has 0 aliphatic carbocycles. The average molecular weight is 315 g/mol. The van der Waals surface area contributed by atoms with Crippen molar-refractivity contribution in [2.24, 2.45) is 0 Å². The highest BCUT2D eigenvalue weighted by Crippen LogP contribution is 2.32. The van der Waals surface area contributed by atoms with Crippen molar-refractivity contribution in [3.8, 4) is 11.8 Å². The van der Waals surface area contributed by atoms with Crippen molar-refractivity contribution in [1.82, 2.24) is 0 Å². The summed E-state index contributed by atoms with van der Waals surface area (Å²) in [5.41, 5.74) is 0.359. The van der Waals surface area contributed by atoms with Gasteiger partial charge in [0.2, 0.25) is 5.78 Å². The Morgan fingerprint density at radius 3 is 2.30 bits per heavy atom. The zero-order valence-corrected chi connectivity index (χ0v) is 12.5. The van der Waals surface area contributed by atoms with Crippen molar-refractivity contribution in [3.63, 3.8) is 0 Å². The third-order valence-corrected chi connectivity index (χ3v) is 3.50. The Labute approximate surface area is 133 Å². The number of carbonyl (C=O) groups is 1. The van der Waals surface area contributed by atoms with E-state index in [1.54, 1.807) is 30.3 Å². The second-order valence-electron chi connectivity index (χ2n) is 5.06. The van der Waals surface area contributed by atoms with E-state index in [1.165, 1.54) is 31.4 Å². The van der Waals surface area contributed by atoms with E-state index in [4.69, 9.17) is 10.00 Å². The first-order valence-electron chi connectivity index (χ1n) is 6.99. The number of alkyl halides is 2. The fourth-order valence-electron chi connectivity index (χ4n) is 2.23. The van der Waals surface area contributed by atoms with Gasteiger partial charge in [0.05, 0.1) is 19.1 Å². The number of benzene rings is 2. The summed E-state index contributed by atoms with van der Waals surface area (Å²) >= 11 is 0. The van der Waals surface area contributed by atoms with Crippen LogP contribution in [0.3, 0.4) is 0 Å². The molecule has 0 aliphatic heterocycles. The molecule has 0 aliphatic rings. The average Bonchev–Trinajstić information content (AvgIpc) is 2.60. The Morgan fingerprint density at radius 1 is 1.17 bits per heavy atom. The number of hydrogen-bond acceptors (Lipinski definition) is 3. The van der Waals surface area contributed by atoms with Crippen LogP contribution in [0.2, 0.25) is 0 Å². The van der Waals surface area contributed by atoms with Crippen LogP contribution in [-0.2, 0) is 0 Å². The van der Waals surface area contributed by atoms with Gasteiger partial charge in [-0.15, -0.1) is 0 Å². The first kappa shape index (κ1) is 16.6. The van der Waals surface area contributed by atoms with Gasteiger partial charge in [0, 0.05) is 12.0 Å². The molecule has 2 aromatic carbocycles. The Bertz CT molecular complexity index is 706. The van der Waals surface area contributed by atoms with Crippen LogP contribution in [0.25, 0.3) is 0 Å². The SMILES string of the molecule is COc1ccc(C(=O)C(F)(F)C[C@H](C#N)c2ccccc2)cc1. The standard InChI is InChI=1S/C18H15F2NO2/c1-23-16-9-7-14(8-10-16)17(22)18(19,20)11-15(12-21)13-5-3-2-4-6-13/h2-10,15H,11H2,1H3/t15-/m1/s1. The largest absolute Gasteiger partial charge is 0.497 e. The second kappa shape index (κ2) is 7.01. The van der Waals surface area contributed by atoms with Gasteiger partial charge in [0.15, 0.2) is 0 Å². The topological polar surface area (TPSA) is 50.1 Å². The number of hydrogen-bond donors (Lipinski definition) is 0. The second-order valence-corrected chi connectivity index (χ2v) is 5.06. The van der Waals surface area contributed by atoms with Crippen LogP contribution in [0.4, 0.5) is 8.78 Å². The van der Waals surface area contributed by atoms with Gasteiger partial charge in [-0.2, -0.15) is 14.0 Å². The molecule has 0 saturated carbocycles. The van der Waals surface area contributed by atoms with Crippen LogP contribution >= 0.6 is 0 Å². The molecule has 0 bridgehead atoms. The van der Waals surface area contributed by atoms with Crippen LogP contribution in [0.5, 0.6) is 5.75 Å². The minimum Gasteiger partial charge on any atom is -0.497 e. The van der Waals surface area contributed by atoms with Gasteiger partial charge < -0.3 is 4.74 Å². The molecule has 0 radical (unpaired) electrons. The summed E-state index contributed by atoms with van der Waals surface area (Å²) in [5, 5.41) is 9.15. The Balaban J connectivity index is 2.19. The molecule has 0 fully saturated rings. The van der Waals surface area contributed by atoms with Gasteiger partial charge in [-0.3, -0.25) is 4.79 Å². The molecule has 3 nitrogen and oxygen atoms in total. The molecule has 2 rings (SSSR count). The third kappa shape index (κ3) is 3.92. The van der Waals surface area contributed by atoms with E-state index in [9.17, 15) is 13.6 Å². The van der Waals surface area contributed by atoms with E-state index in [1.807, 2.05) is 6.07 Å². The van der Waals surface area contributed by atoms with Gasteiger partial charge in [-0.25, -0.2) is 0 Å². The highest BCUT2D eigenvalue weighted by Gasteiger charge is 2.41. The molecule has 0 amide bonds. The summed E-state index contributed by atoms with van der Waals surface area (Å²) < 4.78 is 33.5. The van der Waals surface area contributed by atoms with E-state index >= 15 is 0 Å². The molecule has 0 unspecified atom stereocenters. The molecule has 0 N–H and O–H groups in total. The first-order valence-corrected chi connectivity index (χ1v) is 6.99. The smallest absolute Gasteiger partial charge is 0.311 e. The van der Waals surface area contributed by atoms with Crippen molar-refractivity contribution < 1.29 is 18.3 Å². The quantitative estimate of drug-likeness (QED) is 0.750. The summed E-state index contributed by atoms with van der Waals surface area (Å²) in [5.74, 6) is -5.49. The molecule has 1 atom stereocenters. The van der Waals surface area contributed by atoms with E-state index in [0.29, 0.717) is 11.3 Å². The fourth-order valence-corrected chi connectivity index (χ4v) is 2.23. The summed E-state index contributed by atoms with van der Waals surface area (Å²) in [6, 6.07) is 15.6. The Kier molecular flexibility index (Phi) is 5.07.